The molecule has 4 unspecified atom stereocenters. The number of hydrogen-bond donors (Lipinski definition) is 0. The van der Waals surface area contributed by atoms with Gasteiger partial charge in [-0.3, -0.25) is 19.2 Å². The van der Waals surface area contributed by atoms with E-state index >= 15 is 19.2 Å². The van der Waals surface area contributed by atoms with Crippen LogP contribution in [0.25, 0.3) is 42.3 Å². The molecular formula is C118H166Br2N4O4S6. The number of aryl methyl sites for hydroxylation is 4. The summed E-state index contributed by atoms with van der Waals surface area (Å²) in [6.45, 7) is 21.0. The molecule has 0 N–H and O–H groups in total. The number of nitrogens with zero attached hydrogens (tertiary/aromatic N) is 4. The number of amides is 4. The van der Waals surface area contributed by atoms with Crippen LogP contribution >= 0.6 is 99.9 Å². The number of rotatable bonds is 70. The van der Waals surface area contributed by atoms with Crippen LogP contribution in [0.15, 0.2) is 162 Å². The number of thiophene rings is 6. The highest BCUT2D eigenvalue weighted by Crippen LogP contribution is 2.54. The molecule has 732 valence electrons. The molecule has 0 fully saturated rings. The van der Waals surface area contributed by atoms with E-state index in [1.54, 1.807) is 45.3 Å². The number of carbonyl (C=O) groups is 4. The van der Waals surface area contributed by atoms with Crippen molar-refractivity contribution in [2.45, 2.75) is 402 Å². The standard InChI is InChI=1S/C72H96N2O2S4.C46H70Br2N2O2S2/c1-5-9-13-17-19-25-39-57(37-23-15-11-7-3)51-73-69(63-47-45-61(79-63)65-49-59(53-77-65)43-31-41-55-33-27-21-28-34-55)67-68(71(73)75)70(74(72(67)76)52-58(38-24-16-12-8-4)40-26-20-18-14-10-6-2)64-48-46-62(80-64)66-50-60(54-78-66)44-32-42-56-35-29-22-30-36-56;1-5-9-13-17-19-23-27-35(25-21-15-11-7-3)33-49-43(37-29-31-39(47)53-37)41-42(45(49)51)44(38-30-32-40(48)54-38)50(46(41)52)34-36(26-22-16-12-8-4)28-24-20-18-14-10-6-2/h21-22,27-30,33-36,45-50,53-54,57-58H,5-20,23-26,31-32,37-44,51-52H2,1-4H3;29-32,35-36H,5-28,33-34H2,1-4H3. The summed E-state index contributed by atoms with van der Waals surface area (Å²) in [7, 11) is 0. The highest BCUT2D eigenvalue weighted by atomic mass is 79.9. The molecule has 0 bridgehead atoms. The molecule has 16 heteroatoms. The van der Waals surface area contributed by atoms with Gasteiger partial charge in [0.15, 0.2) is 0 Å². The fourth-order valence-electron chi connectivity index (χ4n) is 20.8. The number of benzene rings is 2. The molecule has 0 saturated heterocycles. The van der Waals surface area contributed by atoms with Crippen molar-refractivity contribution in [2.24, 2.45) is 23.7 Å². The Morgan fingerprint density at radius 3 is 0.694 bits per heavy atom. The van der Waals surface area contributed by atoms with Gasteiger partial charge in [-0.2, -0.15) is 0 Å². The topological polar surface area (TPSA) is 81.2 Å². The first kappa shape index (κ1) is 109. The molecule has 8 aromatic rings. The predicted octanol–water partition coefficient (Wildman–Crippen LogP) is 37.9. The van der Waals surface area contributed by atoms with Gasteiger partial charge in [0.1, 0.15) is 0 Å². The Morgan fingerprint density at radius 2 is 0.448 bits per heavy atom. The van der Waals surface area contributed by atoms with Gasteiger partial charge in [-0.15, -0.1) is 68.0 Å². The second-order valence-electron chi connectivity index (χ2n) is 39.5. The van der Waals surface area contributed by atoms with Crippen molar-refractivity contribution in [1.29, 1.82) is 0 Å². The Morgan fingerprint density at radius 1 is 0.231 bits per heavy atom. The summed E-state index contributed by atoms with van der Waals surface area (Å²) < 4.78 is 2.05. The van der Waals surface area contributed by atoms with Gasteiger partial charge in [-0.1, -0.05) is 373 Å². The number of fused-ring (bicyclic) bond motifs is 2. The molecule has 6 aromatic heterocycles. The zero-order valence-electron chi connectivity index (χ0n) is 83.7. The summed E-state index contributed by atoms with van der Waals surface area (Å²) in [6, 6.07) is 43.8. The average Bonchev–Trinajstić information content (AvgIpc) is 1.56. The van der Waals surface area contributed by atoms with Crippen LogP contribution in [-0.4, -0.2) is 69.4 Å². The molecule has 2 aromatic carbocycles. The van der Waals surface area contributed by atoms with Crippen LogP contribution in [0.5, 0.6) is 0 Å². The van der Waals surface area contributed by atoms with E-state index in [1.165, 1.54) is 299 Å². The monoisotopic (exact) mass is 2050 g/mol. The van der Waals surface area contributed by atoms with Crippen molar-refractivity contribution in [1.82, 2.24) is 19.6 Å². The Kier molecular flexibility index (Phi) is 49.7. The number of carbonyl (C=O) groups excluding carboxylic acids is 4. The first-order valence-electron chi connectivity index (χ1n) is 53.9. The lowest BCUT2D eigenvalue weighted by atomic mass is 9.93. The fraction of sp³-hybridized carbons (Fsp3) is 0.593. The second kappa shape index (κ2) is 61.2. The van der Waals surface area contributed by atoms with Gasteiger partial charge in [-0.05, 0) is 239 Å². The van der Waals surface area contributed by atoms with Crippen LogP contribution < -0.4 is 0 Å². The third-order valence-corrected chi connectivity index (χ3v) is 36.3. The number of halogens is 2. The van der Waals surface area contributed by atoms with E-state index in [1.807, 2.05) is 32.5 Å². The minimum Gasteiger partial charge on any atom is -0.306 e. The van der Waals surface area contributed by atoms with Crippen LogP contribution in [0.1, 0.15) is 418 Å². The molecule has 4 amide bonds. The van der Waals surface area contributed by atoms with Crippen molar-refractivity contribution < 1.29 is 19.2 Å². The third-order valence-electron chi connectivity index (χ3n) is 28.5. The number of unbranched alkanes of at least 4 members (excludes halogenated alkanes) is 32. The SMILES string of the molecule is CCCCCCCCC(CCCCCC)CN1C(=O)C2=C(c3ccc(-c4cc(CCCc5ccccc5)cs4)s3)N(CC(CCCCCC)CCCCCCCC)C(=O)C2=C1c1ccc(-c2cc(CCCc3ccccc3)cs2)s1.CCCCCCCCC(CCCCCC)CN1C(=O)C2=C(c3ccc(Br)s3)N(CC(CCCCCC)CCCCCCCC)C(=O)C2=C1c1ccc(Br)s1. The van der Waals surface area contributed by atoms with E-state index < -0.39 is 0 Å². The molecule has 4 aliphatic rings. The van der Waals surface area contributed by atoms with Gasteiger partial charge in [-0.25, -0.2) is 0 Å². The summed E-state index contributed by atoms with van der Waals surface area (Å²) in [5.41, 5.74) is 11.6. The van der Waals surface area contributed by atoms with E-state index in [-0.39, 0.29) is 23.6 Å². The van der Waals surface area contributed by atoms with Gasteiger partial charge in [0.2, 0.25) is 0 Å². The molecule has 0 aliphatic carbocycles. The fourth-order valence-corrected chi connectivity index (χ4v) is 27.9. The molecule has 0 spiro atoms. The van der Waals surface area contributed by atoms with E-state index in [4.69, 9.17) is 0 Å². The number of hydrogen-bond acceptors (Lipinski definition) is 10. The molecular weight excluding hydrogens is 1890 g/mol. The minimum absolute atomic E-state index is 0.0248. The molecule has 10 heterocycles. The lowest BCUT2D eigenvalue weighted by molar-refractivity contribution is -0.124. The van der Waals surface area contributed by atoms with Crippen LogP contribution in [0, 0.1) is 23.7 Å². The summed E-state index contributed by atoms with van der Waals surface area (Å²) in [5, 5.41) is 4.68. The van der Waals surface area contributed by atoms with Crippen molar-refractivity contribution in [3.8, 4) is 19.5 Å². The highest BCUT2D eigenvalue weighted by Gasteiger charge is 2.52. The maximum absolute atomic E-state index is 16.1. The zero-order chi connectivity index (χ0) is 94.4. The quantitative estimate of drug-likeness (QED) is 0.0356. The minimum atomic E-state index is 0.0248. The van der Waals surface area contributed by atoms with Crippen molar-refractivity contribution in [3.63, 3.8) is 0 Å². The first-order chi connectivity index (χ1) is 65.7. The molecule has 12 rings (SSSR count). The molecule has 0 radical (unpaired) electrons. The van der Waals surface area contributed by atoms with Crippen LogP contribution in [-0.2, 0) is 44.9 Å². The Balaban J connectivity index is 0.000000279. The van der Waals surface area contributed by atoms with E-state index in [0.717, 1.165) is 140 Å². The zero-order valence-corrected chi connectivity index (χ0v) is 91.7. The molecule has 4 atom stereocenters. The van der Waals surface area contributed by atoms with E-state index in [0.29, 0.717) is 72.1 Å². The van der Waals surface area contributed by atoms with Crippen molar-refractivity contribution in [2.75, 3.05) is 26.2 Å². The van der Waals surface area contributed by atoms with Crippen LogP contribution in [0.2, 0.25) is 0 Å². The van der Waals surface area contributed by atoms with E-state index in [9.17, 15) is 0 Å². The van der Waals surface area contributed by atoms with Gasteiger partial charge < -0.3 is 19.6 Å². The average molecular weight is 2060 g/mol. The van der Waals surface area contributed by atoms with Crippen molar-refractivity contribution >= 4 is 146 Å². The maximum Gasteiger partial charge on any atom is 0.261 e. The highest BCUT2D eigenvalue weighted by molar-refractivity contribution is 9.11. The largest absolute Gasteiger partial charge is 0.306 e. The third kappa shape index (κ3) is 33.3. The molecule has 8 nitrogen and oxygen atoms in total. The Labute approximate surface area is 852 Å². The lowest BCUT2D eigenvalue weighted by Gasteiger charge is -2.29. The first-order valence-corrected chi connectivity index (χ1v) is 60.5. The Hall–Kier alpha value is -5.56. The summed E-state index contributed by atoms with van der Waals surface area (Å²) in [4.78, 5) is 79.7. The molecule has 134 heavy (non-hydrogen) atoms. The summed E-state index contributed by atoms with van der Waals surface area (Å²) >= 11 is 17.9. The van der Waals surface area contributed by atoms with Crippen LogP contribution in [0.3, 0.4) is 0 Å². The maximum atomic E-state index is 16.1. The van der Waals surface area contributed by atoms with Gasteiger partial charge in [0.25, 0.3) is 23.6 Å². The molecule has 4 aliphatic heterocycles. The summed E-state index contributed by atoms with van der Waals surface area (Å²) in [5.74, 6) is 1.72. The van der Waals surface area contributed by atoms with Crippen molar-refractivity contribution in [3.05, 3.63) is 204 Å². The van der Waals surface area contributed by atoms with E-state index in [2.05, 4.69) is 229 Å². The van der Waals surface area contributed by atoms with Crippen LogP contribution in [0.4, 0.5) is 0 Å². The predicted molar refractivity (Wildman–Crippen MR) is 592 cm³/mol. The van der Waals surface area contributed by atoms with Gasteiger partial charge >= 0.3 is 0 Å². The molecule has 0 saturated carbocycles. The van der Waals surface area contributed by atoms with Gasteiger partial charge in [0, 0.05) is 45.7 Å². The smallest absolute Gasteiger partial charge is 0.261 e. The lowest BCUT2D eigenvalue weighted by Crippen LogP contribution is -2.34. The normalized spacial score (nSPS) is 14.9. The second-order valence-corrected chi connectivity index (χ2v) is 48.4. The van der Waals surface area contributed by atoms with Gasteiger partial charge in [0.05, 0.1) is 72.2 Å². The Bertz CT molecular complexity index is 4590. The summed E-state index contributed by atoms with van der Waals surface area (Å²) in [6.07, 6.45) is 65.7.